The van der Waals surface area contributed by atoms with Crippen LogP contribution in [-0.2, 0) is 6.42 Å². The van der Waals surface area contributed by atoms with E-state index >= 15 is 0 Å². The minimum absolute atomic E-state index is 0.282. The lowest BCUT2D eigenvalue weighted by Crippen LogP contribution is -2.16. The molecule has 5 nitrogen and oxygen atoms in total. The first kappa shape index (κ1) is 19.6. The fraction of sp³-hybridized carbons (Fsp3) is 0.0952. The van der Waals surface area contributed by atoms with E-state index in [1.807, 2.05) is 55.5 Å². The molecule has 0 bridgehead atoms. The van der Waals surface area contributed by atoms with Crippen molar-refractivity contribution in [3.63, 3.8) is 0 Å². The number of amides is 1. The second-order valence-corrected chi connectivity index (χ2v) is 8.34. The Bertz CT molecular complexity index is 1230. The molecule has 4 aromatic rings. The standard InChI is InChI=1S/C21H17ClN4OS2/c1-13-6-5-7-14(18(13)22)10-16-11-23-20(29-16)25-19(27)17-12-24-21(28)26(17)15-8-3-2-4-9-15/h2-9,11-12H,10H2,1H3,(H,24,28)(H,23,25,27). The van der Waals surface area contributed by atoms with E-state index in [2.05, 4.69) is 15.3 Å². The quantitative estimate of drug-likeness (QED) is 0.386. The fourth-order valence-corrected chi connectivity index (χ4v) is 4.30. The van der Waals surface area contributed by atoms with Gasteiger partial charge in [-0.2, -0.15) is 0 Å². The van der Waals surface area contributed by atoms with Gasteiger partial charge in [0.05, 0.1) is 0 Å². The molecular weight excluding hydrogens is 424 g/mol. The van der Waals surface area contributed by atoms with Gasteiger partial charge in [0.1, 0.15) is 5.69 Å². The predicted molar refractivity (Wildman–Crippen MR) is 120 cm³/mol. The van der Waals surface area contributed by atoms with Gasteiger partial charge in [-0.25, -0.2) is 4.98 Å². The highest BCUT2D eigenvalue weighted by Crippen LogP contribution is 2.27. The Balaban J connectivity index is 1.54. The zero-order chi connectivity index (χ0) is 20.4. The van der Waals surface area contributed by atoms with Crippen molar-refractivity contribution in [2.24, 2.45) is 0 Å². The SMILES string of the molecule is Cc1cccc(Cc2cnc(NC(=O)c3c[nH]c(=S)n3-c3ccccc3)s2)c1Cl. The number of anilines is 1. The number of hydrogen-bond acceptors (Lipinski definition) is 4. The number of hydrogen-bond donors (Lipinski definition) is 2. The van der Waals surface area contributed by atoms with Crippen molar-refractivity contribution in [1.82, 2.24) is 14.5 Å². The number of carbonyl (C=O) groups excluding carboxylic acids is 1. The van der Waals surface area contributed by atoms with Gasteiger partial charge in [0, 0.05) is 34.4 Å². The molecule has 2 N–H and O–H groups in total. The van der Waals surface area contributed by atoms with Crippen molar-refractivity contribution in [2.45, 2.75) is 13.3 Å². The Morgan fingerprint density at radius 3 is 2.83 bits per heavy atom. The monoisotopic (exact) mass is 440 g/mol. The van der Waals surface area contributed by atoms with Crippen LogP contribution in [-0.4, -0.2) is 20.4 Å². The largest absolute Gasteiger partial charge is 0.336 e. The summed E-state index contributed by atoms with van der Waals surface area (Å²) in [6.45, 7) is 1.98. The normalized spacial score (nSPS) is 10.8. The number of halogens is 1. The summed E-state index contributed by atoms with van der Waals surface area (Å²) in [6.07, 6.45) is 4.03. The molecule has 1 amide bonds. The molecule has 146 valence electrons. The minimum Gasteiger partial charge on any atom is -0.336 e. The van der Waals surface area contributed by atoms with Crippen molar-refractivity contribution in [3.05, 3.63) is 92.4 Å². The van der Waals surface area contributed by atoms with Crippen molar-refractivity contribution < 1.29 is 4.79 Å². The second kappa shape index (κ2) is 8.32. The Kier molecular flexibility index (Phi) is 5.62. The average molecular weight is 441 g/mol. The van der Waals surface area contributed by atoms with Gasteiger partial charge in [-0.1, -0.05) is 48.0 Å². The Morgan fingerprint density at radius 1 is 1.24 bits per heavy atom. The van der Waals surface area contributed by atoms with Crippen LogP contribution < -0.4 is 5.32 Å². The number of H-pyrrole nitrogens is 1. The van der Waals surface area contributed by atoms with E-state index in [0.717, 1.165) is 26.7 Å². The van der Waals surface area contributed by atoms with E-state index in [1.165, 1.54) is 11.3 Å². The number of aromatic amines is 1. The Hall–Kier alpha value is -2.74. The number of aryl methyl sites for hydroxylation is 1. The zero-order valence-corrected chi connectivity index (χ0v) is 17.9. The van der Waals surface area contributed by atoms with E-state index in [4.69, 9.17) is 23.8 Å². The van der Waals surface area contributed by atoms with Crippen LogP contribution in [0.1, 0.15) is 26.5 Å². The van der Waals surface area contributed by atoms with Gasteiger partial charge in [-0.3, -0.25) is 14.7 Å². The summed E-state index contributed by atoms with van der Waals surface area (Å²) in [5, 5.41) is 4.16. The van der Waals surface area contributed by atoms with Crippen LogP contribution in [0.25, 0.3) is 5.69 Å². The van der Waals surface area contributed by atoms with Crippen LogP contribution in [0.2, 0.25) is 5.02 Å². The molecule has 8 heteroatoms. The summed E-state index contributed by atoms with van der Waals surface area (Å²) < 4.78 is 2.15. The molecule has 0 fully saturated rings. The number of nitrogens with one attached hydrogen (secondary N) is 2. The molecular formula is C21H17ClN4OS2. The van der Waals surface area contributed by atoms with Crippen molar-refractivity contribution in [3.8, 4) is 5.69 Å². The molecule has 0 spiro atoms. The highest BCUT2D eigenvalue weighted by atomic mass is 35.5. The number of aromatic nitrogens is 3. The van der Waals surface area contributed by atoms with Crippen LogP contribution >= 0.6 is 35.2 Å². The molecule has 29 heavy (non-hydrogen) atoms. The number of thiazole rings is 1. The van der Waals surface area contributed by atoms with Gasteiger partial charge < -0.3 is 4.98 Å². The maximum atomic E-state index is 12.8. The van der Waals surface area contributed by atoms with Gasteiger partial charge in [0.15, 0.2) is 9.90 Å². The Morgan fingerprint density at radius 2 is 2.03 bits per heavy atom. The van der Waals surface area contributed by atoms with Crippen molar-refractivity contribution in [1.29, 1.82) is 0 Å². The number of imidazole rings is 1. The number of carbonyl (C=O) groups is 1. The molecule has 0 aliphatic rings. The molecule has 4 rings (SSSR count). The minimum atomic E-state index is -0.282. The first-order valence-corrected chi connectivity index (χ1v) is 10.5. The molecule has 0 saturated carbocycles. The third-order valence-electron chi connectivity index (χ3n) is 4.43. The van der Waals surface area contributed by atoms with Crippen LogP contribution in [0.3, 0.4) is 0 Å². The maximum Gasteiger partial charge on any atom is 0.276 e. The van der Waals surface area contributed by atoms with E-state index < -0.39 is 0 Å². The van der Waals surface area contributed by atoms with Gasteiger partial charge in [0.2, 0.25) is 0 Å². The summed E-state index contributed by atoms with van der Waals surface area (Å²) >= 11 is 13.2. The molecule has 2 aromatic heterocycles. The van der Waals surface area contributed by atoms with Crippen molar-refractivity contribution in [2.75, 3.05) is 5.32 Å². The third-order valence-corrected chi connectivity index (χ3v) is 6.19. The van der Waals surface area contributed by atoms with Crippen LogP contribution in [0.15, 0.2) is 60.9 Å². The predicted octanol–water partition coefficient (Wildman–Crippen LogP) is 5.80. The highest BCUT2D eigenvalue weighted by molar-refractivity contribution is 7.71. The molecule has 2 heterocycles. The van der Waals surface area contributed by atoms with Crippen LogP contribution in [0.5, 0.6) is 0 Å². The summed E-state index contributed by atoms with van der Waals surface area (Å²) in [5.41, 5.74) is 3.31. The number of benzene rings is 2. The number of rotatable bonds is 5. The number of nitrogens with zero attached hydrogens (tertiary/aromatic N) is 2. The van der Waals surface area contributed by atoms with Crippen molar-refractivity contribution >= 4 is 46.2 Å². The van der Waals surface area contributed by atoms with Gasteiger partial charge in [-0.05, 0) is 42.4 Å². The Labute approximate surface area is 182 Å². The third kappa shape index (κ3) is 4.17. The maximum absolute atomic E-state index is 12.8. The molecule has 0 saturated heterocycles. The molecule has 0 aliphatic heterocycles. The van der Waals surface area contributed by atoms with E-state index in [0.29, 0.717) is 22.0 Å². The lowest BCUT2D eigenvalue weighted by Gasteiger charge is -2.07. The summed E-state index contributed by atoms with van der Waals surface area (Å²) in [7, 11) is 0. The van der Waals surface area contributed by atoms with Gasteiger partial charge in [0.25, 0.3) is 5.91 Å². The van der Waals surface area contributed by atoms with E-state index in [-0.39, 0.29) is 5.91 Å². The molecule has 0 radical (unpaired) electrons. The first-order chi connectivity index (χ1) is 14.0. The lowest BCUT2D eigenvalue weighted by atomic mass is 10.1. The zero-order valence-electron chi connectivity index (χ0n) is 15.5. The highest BCUT2D eigenvalue weighted by Gasteiger charge is 2.16. The van der Waals surface area contributed by atoms with Gasteiger partial charge >= 0.3 is 0 Å². The molecule has 0 unspecified atom stereocenters. The van der Waals surface area contributed by atoms with E-state index in [1.54, 1.807) is 17.0 Å². The fourth-order valence-electron chi connectivity index (χ4n) is 3.01. The van der Waals surface area contributed by atoms with Crippen LogP contribution in [0, 0.1) is 11.7 Å². The lowest BCUT2D eigenvalue weighted by molar-refractivity contribution is 0.102. The molecule has 0 atom stereocenters. The first-order valence-electron chi connectivity index (χ1n) is 8.89. The van der Waals surface area contributed by atoms with Gasteiger partial charge in [-0.15, -0.1) is 11.3 Å². The summed E-state index contributed by atoms with van der Waals surface area (Å²) in [6, 6.07) is 15.5. The number of para-hydroxylation sites is 1. The average Bonchev–Trinajstić information content (AvgIpc) is 3.32. The molecule has 2 aromatic carbocycles. The summed E-state index contributed by atoms with van der Waals surface area (Å²) in [4.78, 5) is 21.1. The topological polar surface area (TPSA) is 62.7 Å². The summed E-state index contributed by atoms with van der Waals surface area (Å²) in [5.74, 6) is -0.282. The second-order valence-electron chi connectivity index (χ2n) is 6.46. The smallest absolute Gasteiger partial charge is 0.276 e. The van der Waals surface area contributed by atoms with Crippen LogP contribution in [0.4, 0.5) is 5.13 Å². The van der Waals surface area contributed by atoms with E-state index in [9.17, 15) is 4.79 Å². The molecule has 0 aliphatic carbocycles.